The zero-order chi connectivity index (χ0) is 20.3. The molecule has 0 aliphatic heterocycles. The van der Waals surface area contributed by atoms with Crippen molar-refractivity contribution < 1.29 is 14.0 Å². The maximum absolute atomic E-state index is 13.4. The predicted octanol–water partition coefficient (Wildman–Crippen LogP) is 3.60. The first-order valence-corrected chi connectivity index (χ1v) is 9.58. The van der Waals surface area contributed by atoms with Crippen LogP contribution in [0.4, 0.5) is 14.9 Å². The number of rotatable bonds is 7. The van der Waals surface area contributed by atoms with Gasteiger partial charge in [0.05, 0.1) is 6.54 Å². The Kier molecular flexibility index (Phi) is 6.02. The van der Waals surface area contributed by atoms with Crippen LogP contribution in [-0.4, -0.2) is 44.9 Å². The minimum Gasteiger partial charge on any atom is -0.353 e. The summed E-state index contributed by atoms with van der Waals surface area (Å²) in [6.07, 6.45) is 3.94. The van der Waals surface area contributed by atoms with Crippen molar-refractivity contribution in [3.63, 3.8) is 0 Å². The van der Waals surface area contributed by atoms with Crippen LogP contribution in [0.3, 0.4) is 0 Å². The summed E-state index contributed by atoms with van der Waals surface area (Å²) < 4.78 is 15.4. The largest absolute Gasteiger partial charge is 0.353 e. The van der Waals surface area contributed by atoms with E-state index in [1.54, 1.807) is 6.07 Å². The van der Waals surface area contributed by atoms with Gasteiger partial charge in [0, 0.05) is 36.7 Å². The van der Waals surface area contributed by atoms with Crippen molar-refractivity contribution in [2.75, 3.05) is 11.9 Å². The molecule has 6 nitrogen and oxygen atoms in total. The number of urea groups is 1. The Hall–Kier alpha value is -2.83. The van der Waals surface area contributed by atoms with Crippen molar-refractivity contribution in [1.29, 1.82) is 0 Å². The van der Waals surface area contributed by atoms with Crippen LogP contribution < -0.4 is 5.32 Å². The molecular weight excluding hydrogens is 359 g/mol. The standard InChI is InChI=1S/C21H27FN4O2/c1-15(2)25(21(28)23-17-7-4-6-16(22)12-17)14-20(27)26(18-9-10-18)13-19-8-5-11-24(19)3/h4-8,11-12,15,18H,9-10,13-14H2,1-3H3,(H,23,28). The Morgan fingerprint density at radius 1 is 1.25 bits per heavy atom. The highest BCUT2D eigenvalue weighted by atomic mass is 19.1. The maximum atomic E-state index is 13.4. The Morgan fingerprint density at radius 3 is 2.57 bits per heavy atom. The van der Waals surface area contributed by atoms with Crippen LogP contribution in [-0.2, 0) is 18.4 Å². The van der Waals surface area contributed by atoms with Gasteiger partial charge >= 0.3 is 6.03 Å². The minimum atomic E-state index is -0.424. The molecule has 1 aliphatic rings. The first-order valence-electron chi connectivity index (χ1n) is 9.58. The predicted molar refractivity (Wildman–Crippen MR) is 106 cm³/mol. The fraction of sp³-hybridized carbons (Fsp3) is 0.429. The molecule has 3 rings (SSSR count). The van der Waals surface area contributed by atoms with E-state index < -0.39 is 11.8 Å². The summed E-state index contributed by atoms with van der Waals surface area (Å²) in [6.45, 7) is 4.23. The molecule has 1 N–H and O–H groups in total. The maximum Gasteiger partial charge on any atom is 0.322 e. The van der Waals surface area contributed by atoms with E-state index in [0.29, 0.717) is 12.2 Å². The van der Waals surface area contributed by atoms with E-state index in [1.807, 2.05) is 48.7 Å². The molecule has 150 valence electrons. The van der Waals surface area contributed by atoms with Crippen LogP contribution in [0, 0.1) is 5.82 Å². The summed E-state index contributed by atoms with van der Waals surface area (Å²) in [6, 6.07) is 9.33. The van der Waals surface area contributed by atoms with Gasteiger partial charge in [0.2, 0.25) is 5.91 Å². The van der Waals surface area contributed by atoms with Gasteiger partial charge in [0.1, 0.15) is 12.4 Å². The van der Waals surface area contributed by atoms with Gasteiger partial charge in [-0.25, -0.2) is 9.18 Å². The average Bonchev–Trinajstić information content (AvgIpc) is 3.39. The molecule has 0 spiro atoms. The smallest absolute Gasteiger partial charge is 0.322 e. The number of hydrogen-bond donors (Lipinski definition) is 1. The SMILES string of the molecule is CC(C)N(CC(=O)N(Cc1cccn1C)C1CC1)C(=O)Nc1cccc(F)c1. The Morgan fingerprint density at radius 2 is 2.00 bits per heavy atom. The Balaban J connectivity index is 1.68. The molecule has 28 heavy (non-hydrogen) atoms. The quantitative estimate of drug-likeness (QED) is 0.790. The second kappa shape index (κ2) is 8.46. The van der Waals surface area contributed by atoms with Crippen LogP contribution in [0.5, 0.6) is 0 Å². The summed E-state index contributed by atoms with van der Waals surface area (Å²) in [5.74, 6) is -0.501. The molecule has 0 radical (unpaired) electrons. The fourth-order valence-electron chi connectivity index (χ4n) is 3.13. The van der Waals surface area contributed by atoms with Crippen molar-refractivity contribution in [1.82, 2.24) is 14.4 Å². The lowest BCUT2D eigenvalue weighted by molar-refractivity contribution is -0.133. The monoisotopic (exact) mass is 386 g/mol. The number of amides is 3. The van der Waals surface area contributed by atoms with Crippen LogP contribution in [0.2, 0.25) is 0 Å². The topological polar surface area (TPSA) is 57.6 Å². The van der Waals surface area contributed by atoms with Crippen LogP contribution in [0.1, 0.15) is 32.4 Å². The molecule has 2 aromatic rings. The third kappa shape index (κ3) is 4.91. The van der Waals surface area contributed by atoms with Gasteiger partial charge in [-0.15, -0.1) is 0 Å². The van der Waals surface area contributed by atoms with E-state index in [9.17, 15) is 14.0 Å². The number of aromatic nitrogens is 1. The van der Waals surface area contributed by atoms with Gasteiger partial charge < -0.3 is 19.7 Å². The first kappa shape index (κ1) is 19.9. The zero-order valence-electron chi connectivity index (χ0n) is 16.6. The fourth-order valence-corrected chi connectivity index (χ4v) is 3.13. The number of nitrogens with zero attached hydrogens (tertiary/aromatic N) is 3. The van der Waals surface area contributed by atoms with Gasteiger partial charge in [-0.3, -0.25) is 4.79 Å². The summed E-state index contributed by atoms with van der Waals surface area (Å²) in [5.41, 5.74) is 1.42. The van der Waals surface area contributed by atoms with Gasteiger partial charge in [-0.2, -0.15) is 0 Å². The second-order valence-electron chi connectivity index (χ2n) is 7.53. The molecule has 7 heteroatoms. The molecule has 1 fully saturated rings. The number of aryl methyl sites for hydroxylation is 1. The number of benzene rings is 1. The van der Waals surface area contributed by atoms with Crippen molar-refractivity contribution in [2.45, 2.75) is 45.3 Å². The lowest BCUT2D eigenvalue weighted by Crippen LogP contribution is -2.48. The lowest BCUT2D eigenvalue weighted by Gasteiger charge is -2.30. The van der Waals surface area contributed by atoms with Gasteiger partial charge in [-0.1, -0.05) is 6.07 Å². The van der Waals surface area contributed by atoms with E-state index in [2.05, 4.69) is 5.32 Å². The van der Waals surface area contributed by atoms with Crippen molar-refractivity contribution in [3.8, 4) is 0 Å². The number of carbonyl (C=O) groups excluding carboxylic acids is 2. The van der Waals surface area contributed by atoms with Crippen LogP contribution >= 0.6 is 0 Å². The molecular formula is C21H27FN4O2. The van der Waals surface area contributed by atoms with E-state index in [4.69, 9.17) is 0 Å². The number of hydrogen-bond acceptors (Lipinski definition) is 2. The van der Waals surface area contributed by atoms with Gasteiger partial charge in [0.15, 0.2) is 0 Å². The highest BCUT2D eigenvalue weighted by Gasteiger charge is 2.34. The zero-order valence-corrected chi connectivity index (χ0v) is 16.6. The van der Waals surface area contributed by atoms with Crippen LogP contribution in [0.15, 0.2) is 42.6 Å². The molecule has 0 bridgehead atoms. The Labute approximate surface area is 164 Å². The van der Waals surface area contributed by atoms with E-state index in [-0.39, 0.29) is 24.5 Å². The third-order valence-corrected chi connectivity index (χ3v) is 4.96. The molecule has 0 saturated heterocycles. The summed E-state index contributed by atoms with van der Waals surface area (Å²) >= 11 is 0. The van der Waals surface area contributed by atoms with Crippen molar-refractivity contribution >= 4 is 17.6 Å². The highest BCUT2D eigenvalue weighted by Crippen LogP contribution is 2.28. The average molecular weight is 386 g/mol. The summed E-state index contributed by atoms with van der Waals surface area (Å²) in [4.78, 5) is 29.1. The summed E-state index contributed by atoms with van der Waals surface area (Å²) in [7, 11) is 1.96. The molecule has 1 heterocycles. The molecule has 0 atom stereocenters. The highest BCUT2D eigenvalue weighted by molar-refractivity contribution is 5.92. The molecule has 3 amide bonds. The molecule has 1 aromatic heterocycles. The van der Waals surface area contributed by atoms with Crippen LogP contribution in [0.25, 0.3) is 0 Å². The number of carbonyl (C=O) groups is 2. The number of anilines is 1. The molecule has 1 saturated carbocycles. The second-order valence-corrected chi connectivity index (χ2v) is 7.53. The molecule has 1 aliphatic carbocycles. The number of halogens is 1. The van der Waals surface area contributed by atoms with Gasteiger partial charge in [-0.05, 0) is 57.0 Å². The van der Waals surface area contributed by atoms with Gasteiger partial charge in [0.25, 0.3) is 0 Å². The normalized spacial score (nSPS) is 13.5. The van der Waals surface area contributed by atoms with E-state index >= 15 is 0 Å². The van der Waals surface area contributed by atoms with E-state index in [1.165, 1.54) is 23.1 Å². The molecule has 0 unspecified atom stereocenters. The first-order chi connectivity index (χ1) is 13.3. The summed E-state index contributed by atoms with van der Waals surface area (Å²) in [5, 5.41) is 2.68. The molecule has 1 aromatic carbocycles. The van der Waals surface area contributed by atoms with E-state index in [0.717, 1.165) is 18.5 Å². The third-order valence-electron chi connectivity index (χ3n) is 4.96. The lowest BCUT2D eigenvalue weighted by atomic mass is 10.3. The van der Waals surface area contributed by atoms with Crippen molar-refractivity contribution in [3.05, 3.63) is 54.1 Å². The van der Waals surface area contributed by atoms with Crippen molar-refractivity contribution in [2.24, 2.45) is 7.05 Å². The number of nitrogens with one attached hydrogen (secondary N) is 1. The minimum absolute atomic E-state index is 0.0141. The Bertz CT molecular complexity index is 844.